The van der Waals surface area contributed by atoms with Gasteiger partial charge < -0.3 is 9.16 Å². The molecular weight excluding hydrogens is 280 g/mol. The molecule has 0 saturated carbocycles. The molecule has 0 radical (unpaired) electrons. The highest BCUT2D eigenvalue weighted by Gasteiger charge is 2.36. The first-order chi connectivity index (χ1) is 9.79. The highest BCUT2D eigenvalue weighted by Crippen LogP contribution is 2.36. The van der Waals surface area contributed by atoms with E-state index in [0.29, 0.717) is 6.61 Å². The van der Waals surface area contributed by atoms with E-state index in [1.54, 1.807) is 6.20 Å². The van der Waals surface area contributed by atoms with Gasteiger partial charge in [0.1, 0.15) is 5.75 Å². The second-order valence-electron chi connectivity index (χ2n) is 6.88. The second kappa shape index (κ2) is 6.20. The number of ether oxygens (including phenoxy) is 1. The molecule has 0 atom stereocenters. The van der Waals surface area contributed by atoms with Gasteiger partial charge in [0.2, 0.25) is 0 Å². The van der Waals surface area contributed by atoms with E-state index < -0.39 is 8.32 Å². The number of hydrogen-bond acceptors (Lipinski definition) is 3. The van der Waals surface area contributed by atoms with Gasteiger partial charge in [-0.05, 0) is 36.3 Å². The zero-order valence-electron chi connectivity index (χ0n) is 13.7. The Morgan fingerprint density at radius 3 is 2.62 bits per heavy atom. The Bertz CT molecular complexity index is 587. The molecule has 5 heteroatoms. The van der Waals surface area contributed by atoms with Gasteiger partial charge in [-0.25, -0.2) is 4.52 Å². The molecule has 0 saturated heterocycles. The first-order valence-electron chi connectivity index (χ1n) is 7.50. The van der Waals surface area contributed by atoms with Crippen molar-refractivity contribution in [3.05, 3.63) is 30.6 Å². The third-order valence-electron chi connectivity index (χ3n) is 4.20. The number of rotatable bonds is 6. The zero-order chi connectivity index (χ0) is 15.5. The predicted octanol–water partition coefficient (Wildman–Crippen LogP) is 4.13. The minimum Gasteiger partial charge on any atom is -0.492 e. The maximum atomic E-state index is 6.13. The van der Waals surface area contributed by atoms with Crippen LogP contribution in [-0.2, 0) is 4.43 Å². The monoisotopic (exact) mass is 306 g/mol. The minimum absolute atomic E-state index is 0.263. The first kappa shape index (κ1) is 16.0. The van der Waals surface area contributed by atoms with Crippen LogP contribution in [0, 0.1) is 0 Å². The van der Waals surface area contributed by atoms with Crippen molar-refractivity contribution < 1.29 is 9.16 Å². The van der Waals surface area contributed by atoms with Gasteiger partial charge in [-0.1, -0.05) is 20.8 Å². The number of pyridine rings is 1. The molecule has 0 spiro atoms. The lowest BCUT2D eigenvalue weighted by Crippen LogP contribution is -2.41. The molecular formula is C16H26N2O2Si. The molecule has 2 heterocycles. The Morgan fingerprint density at radius 2 is 1.90 bits per heavy atom. The molecule has 0 N–H and O–H groups in total. The summed E-state index contributed by atoms with van der Waals surface area (Å²) in [5.74, 6) is 0.846. The summed E-state index contributed by atoms with van der Waals surface area (Å²) in [7, 11) is -1.63. The van der Waals surface area contributed by atoms with Gasteiger partial charge in [-0.3, -0.25) is 0 Å². The Balaban J connectivity index is 1.75. The summed E-state index contributed by atoms with van der Waals surface area (Å²) in [6.45, 7) is 12.8. The third kappa shape index (κ3) is 4.08. The lowest BCUT2D eigenvalue weighted by Gasteiger charge is -2.36. The molecule has 0 aliphatic heterocycles. The van der Waals surface area contributed by atoms with Crippen LogP contribution in [-0.4, -0.2) is 31.1 Å². The maximum Gasteiger partial charge on any atom is 0.191 e. The zero-order valence-corrected chi connectivity index (χ0v) is 14.7. The Morgan fingerprint density at radius 1 is 1.14 bits per heavy atom. The summed E-state index contributed by atoms with van der Waals surface area (Å²) >= 11 is 0. The number of fused-ring (bicyclic) bond motifs is 1. The topological polar surface area (TPSA) is 35.8 Å². The van der Waals surface area contributed by atoms with Crippen LogP contribution in [0.4, 0.5) is 0 Å². The number of aromatic nitrogens is 2. The van der Waals surface area contributed by atoms with Crippen LogP contribution in [0.3, 0.4) is 0 Å². The lowest BCUT2D eigenvalue weighted by molar-refractivity contribution is 0.233. The van der Waals surface area contributed by atoms with Gasteiger partial charge in [0.15, 0.2) is 8.32 Å². The van der Waals surface area contributed by atoms with E-state index in [-0.39, 0.29) is 5.04 Å². The van der Waals surface area contributed by atoms with Gasteiger partial charge in [0.25, 0.3) is 0 Å². The van der Waals surface area contributed by atoms with Crippen molar-refractivity contribution in [3.8, 4) is 5.75 Å². The van der Waals surface area contributed by atoms with Gasteiger partial charge >= 0.3 is 0 Å². The van der Waals surface area contributed by atoms with Crippen molar-refractivity contribution in [1.29, 1.82) is 0 Å². The van der Waals surface area contributed by atoms with E-state index in [4.69, 9.17) is 9.16 Å². The smallest absolute Gasteiger partial charge is 0.191 e. The molecule has 0 aromatic carbocycles. The van der Waals surface area contributed by atoms with Crippen molar-refractivity contribution in [3.63, 3.8) is 0 Å². The van der Waals surface area contributed by atoms with E-state index in [0.717, 1.165) is 24.3 Å². The molecule has 2 aromatic heterocycles. The average Bonchev–Trinajstić information content (AvgIpc) is 2.84. The predicted molar refractivity (Wildman–Crippen MR) is 88.5 cm³/mol. The van der Waals surface area contributed by atoms with Crippen molar-refractivity contribution in [2.24, 2.45) is 0 Å². The van der Waals surface area contributed by atoms with Crippen LogP contribution >= 0.6 is 0 Å². The maximum absolute atomic E-state index is 6.13. The van der Waals surface area contributed by atoms with E-state index >= 15 is 0 Å². The average molecular weight is 306 g/mol. The summed E-state index contributed by atoms with van der Waals surface area (Å²) in [4.78, 5) is 0. The Hall–Kier alpha value is -1.33. The van der Waals surface area contributed by atoms with E-state index in [1.165, 1.54) is 0 Å². The molecule has 21 heavy (non-hydrogen) atoms. The summed E-state index contributed by atoms with van der Waals surface area (Å²) in [5.41, 5.74) is 1.07. The van der Waals surface area contributed by atoms with Crippen LogP contribution < -0.4 is 4.74 Å². The number of hydrogen-bond donors (Lipinski definition) is 0. The largest absolute Gasteiger partial charge is 0.492 e. The fourth-order valence-electron chi connectivity index (χ4n) is 1.77. The Kier molecular flexibility index (Phi) is 4.73. The summed E-state index contributed by atoms with van der Waals surface area (Å²) in [6.07, 6.45) is 4.60. The van der Waals surface area contributed by atoms with Crippen LogP contribution in [0.25, 0.3) is 5.52 Å². The van der Waals surface area contributed by atoms with Gasteiger partial charge in [0.05, 0.1) is 18.3 Å². The van der Waals surface area contributed by atoms with Crippen molar-refractivity contribution in [2.45, 2.75) is 45.3 Å². The lowest BCUT2D eigenvalue weighted by atomic mass is 10.2. The summed E-state index contributed by atoms with van der Waals surface area (Å²) < 4.78 is 13.7. The molecule has 0 amide bonds. The second-order valence-corrected chi connectivity index (χ2v) is 11.7. The fraction of sp³-hybridized carbons (Fsp3) is 0.562. The molecule has 2 rings (SSSR count). The van der Waals surface area contributed by atoms with Crippen molar-refractivity contribution in [2.75, 3.05) is 13.2 Å². The number of nitrogens with zero attached hydrogens (tertiary/aromatic N) is 2. The molecule has 0 bridgehead atoms. The molecule has 4 nitrogen and oxygen atoms in total. The molecule has 0 aliphatic carbocycles. The van der Waals surface area contributed by atoms with Crippen LogP contribution in [0.15, 0.2) is 30.6 Å². The van der Waals surface area contributed by atoms with Gasteiger partial charge in [0, 0.05) is 19.2 Å². The van der Waals surface area contributed by atoms with Gasteiger partial charge in [-0.15, -0.1) is 0 Å². The Labute approximate surface area is 128 Å². The van der Waals surface area contributed by atoms with E-state index in [2.05, 4.69) is 39.0 Å². The third-order valence-corrected chi connectivity index (χ3v) is 8.73. The molecule has 0 fully saturated rings. The van der Waals surface area contributed by atoms with Crippen molar-refractivity contribution in [1.82, 2.24) is 9.61 Å². The minimum atomic E-state index is -1.63. The van der Waals surface area contributed by atoms with Crippen molar-refractivity contribution >= 4 is 13.8 Å². The van der Waals surface area contributed by atoms with Crippen LogP contribution in [0.1, 0.15) is 27.2 Å². The first-order valence-corrected chi connectivity index (χ1v) is 10.4. The fourth-order valence-corrected chi connectivity index (χ4v) is 2.86. The summed E-state index contributed by atoms with van der Waals surface area (Å²) in [5, 5.41) is 4.46. The van der Waals surface area contributed by atoms with E-state index in [1.807, 2.05) is 28.9 Å². The SMILES string of the molecule is CC(C)(C)[Si](C)(C)OCCCOc1ccc2ccnn2c1. The van der Waals surface area contributed by atoms with Gasteiger partial charge in [-0.2, -0.15) is 5.10 Å². The molecule has 0 aliphatic rings. The highest BCUT2D eigenvalue weighted by molar-refractivity contribution is 6.74. The normalized spacial score (nSPS) is 12.8. The van der Waals surface area contributed by atoms with E-state index in [9.17, 15) is 0 Å². The quantitative estimate of drug-likeness (QED) is 0.595. The summed E-state index contributed by atoms with van der Waals surface area (Å²) in [6, 6.07) is 5.96. The standard InChI is InChI=1S/C16H26N2O2Si/c1-16(2,3)21(4,5)20-12-6-11-19-15-8-7-14-9-10-17-18(14)13-15/h7-10,13H,6,11-12H2,1-5H3. The van der Waals surface area contributed by atoms with Crippen LogP contribution in [0.2, 0.25) is 18.1 Å². The van der Waals surface area contributed by atoms with Crippen LogP contribution in [0.5, 0.6) is 5.75 Å². The molecule has 2 aromatic rings. The molecule has 0 unspecified atom stereocenters. The molecule has 116 valence electrons. The highest BCUT2D eigenvalue weighted by atomic mass is 28.4.